The Bertz CT molecular complexity index is 828. The average Bonchev–Trinajstić information content (AvgIpc) is 2.75. The van der Waals surface area contributed by atoms with Gasteiger partial charge in [-0.1, -0.05) is 36.4 Å². The number of nitriles is 1. The summed E-state index contributed by atoms with van der Waals surface area (Å²) in [4.78, 5) is 19.1. The van der Waals surface area contributed by atoms with Crippen LogP contribution in [0.15, 0.2) is 54.6 Å². The van der Waals surface area contributed by atoms with Gasteiger partial charge in [-0.15, -0.1) is 0 Å². The highest BCUT2D eigenvalue weighted by Crippen LogP contribution is 2.23. The molecule has 1 fully saturated rings. The third-order valence-electron chi connectivity index (χ3n) is 5.00. The molecular weight excluding hydrogens is 364 g/mol. The van der Waals surface area contributed by atoms with Gasteiger partial charge >= 0.3 is 0 Å². The van der Waals surface area contributed by atoms with E-state index >= 15 is 0 Å². The van der Waals surface area contributed by atoms with E-state index in [0.717, 1.165) is 32.0 Å². The first-order valence-electron chi connectivity index (χ1n) is 10.0. The maximum absolute atomic E-state index is 13.0. The van der Waals surface area contributed by atoms with Crippen LogP contribution in [-0.2, 0) is 16.1 Å². The van der Waals surface area contributed by atoms with Gasteiger partial charge in [0.1, 0.15) is 0 Å². The fourth-order valence-corrected chi connectivity index (χ4v) is 3.59. The summed E-state index contributed by atoms with van der Waals surface area (Å²) in [5.41, 5.74) is 3.24. The number of rotatable bonds is 8. The Kier molecular flexibility index (Phi) is 7.62. The molecule has 0 N–H and O–H groups in total. The summed E-state index contributed by atoms with van der Waals surface area (Å²) in [5.74, 6) is -0.00203. The Morgan fingerprint density at radius 3 is 2.52 bits per heavy atom. The number of morpholine rings is 1. The van der Waals surface area contributed by atoms with Crippen LogP contribution in [0.3, 0.4) is 0 Å². The third kappa shape index (κ3) is 5.80. The third-order valence-corrected chi connectivity index (χ3v) is 5.00. The molecule has 0 saturated carbocycles. The molecular formula is C23H28N4O2. The second kappa shape index (κ2) is 10.6. The number of amides is 1. The monoisotopic (exact) mass is 392 g/mol. The fourth-order valence-electron chi connectivity index (χ4n) is 3.59. The molecule has 6 nitrogen and oxygen atoms in total. The molecule has 1 heterocycles. The highest BCUT2D eigenvalue weighted by atomic mass is 16.5. The highest BCUT2D eigenvalue weighted by Gasteiger charge is 2.19. The summed E-state index contributed by atoms with van der Waals surface area (Å²) in [6, 6.07) is 20.0. The van der Waals surface area contributed by atoms with E-state index in [1.165, 1.54) is 11.3 Å². The molecule has 1 amide bonds. The SMILES string of the molecule is CN(CC(=O)N(CCC#N)c1ccccc1)Cc1ccccc1N1CCOCC1. The van der Waals surface area contributed by atoms with Crippen LogP contribution in [0.25, 0.3) is 0 Å². The number of nitrogens with zero attached hydrogens (tertiary/aromatic N) is 4. The van der Waals surface area contributed by atoms with E-state index in [4.69, 9.17) is 10.00 Å². The van der Waals surface area contributed by atoms with Crippen LogP contribution in [0.4, 0.5) is 11.4 Å². The Morgan fingerprint density at radius 2 is 1.79 bits per heavy atom. The fraction of sp³-hybridized carbons (Fsp3) is 0.391. The lowest BCUT2D eigenvalue weighted by atomic mass is 10.1. The maximum Gasteiger partial charge on any atom is 0.241 e. The van der Waals surface area contributed by atoms with Crippen molar-refractivity contribution < 1.29 is 9.53 Å². The van der Waals surface area contributed by atoms with Gasteiger partial charge in [0.15, 0.2) is 0 Å². The second-order valence-electron chi connectivity index (χ2n) is 7.19. The Morgan fingerprint density at radius 1 is 1.10 bits per heavy atom. The van der Waals surface area contributed by atoms with Crippen LogP contribution in [0, 0.1) is 11.3 Å². The molecule has 0 spiro atoms. The molecule has 152 valence electrons. The van der Waals surface area contributed by atoms with Crippen LogP contribution in [0.2, 0.25) is 0 Å². The molecule has 1 aliphatic heterocycles. The molecule has 6 heteroatoms. The minimum Gasteiger partial charge on any atom is -0.378 e. The summed E-state index contributed by atoms with van der Waals surface area (Å²) < 4.78 is 5.47. The van der Waals surface area contributed by atoms with Crippen molar-refractivity contribution in [2.45, 2.75) is 13.0 Å². The van der Waals surface area contributed by atoms with Crippen LogP contribution in [0.1, 0.15) is 12.0 Å². The van der Waals surface area contributed by atoms with Crippen LogP contribution in [0.5, 0.6) is 0 Å². The van der Waals surface area contributed by atoms with Gasteiger partial charge in [0, 0.05) is 37.6 Å². The first-order chi connectivity index (χ1) is 14.2. The van der Waals surface area contributed by atoms with E-state index in [2.05, 4.69) is 29.2 Å². The lowest BCUT2D eigenvalue weighted by Crippen LogP contribution is -2.40. The van der Waals surface area contributed by atoms with Gasteiger partial charge in [-0.05, 0) is 30.8 Å². The van der Waals surface area contributed by atoms with E-state index in [9.17, 15) is 4.79 Å². The van der Waals surface area contributed by atoms with Crippen molar-refractivity contribution in [3.05, 3.63) is 60.2 Å². The summed E-state index contributed by atoms with van der Waals surface area (Å²) in [7, 11) is 1.96. The number of hydrogen-bond acceptors (Lipinski definition) is 5. The smallest absolute Gasteiger partial charge is 0.241 e. The predicted molar refractivity (Wildman–Crippen MR) is 115 cm³/mol. The molecule has 0 aliphatic carbocycles. The normalized spacial score (nSPS) is 13.9. The van der Waals surface area contributed by atoms with Gasteiger partial charge in [0.2, 0.25) is 5.91 Å². The first-order valence-corrected chi connectivity index (χ1v) is 10.0. The molecule has 0 bridgehead atoms. The van der Waals surface area contributed by atoms with Crippen molar-refractivity contribution in [2.24, 2.45) is 0 Å². The molecule has 0 aromatic heterocycles. The minimum atomic E-state index is -0.00203. The number of likely N-dealkylation sites (N-methyl/N-ethyl adjacent to an activating group) is 1. The lowest BCUT2D eigenvalue weighted by Gasteiger charge is -2.31. The maximum atomic E-state index is 13.0. The standard InChI is InChI=1S/C23H28N4O2/c1-25(18-20-8-5-6-11-22(20)26-14-16-29-17-15-26)19-23(28)27(13-7-12-24)21-9-3-2-4-10-21/h2-6,8-11H,7,13-19H2,1H3. The number of carbonyl (C=O) groups is 1. The van der Waals surface area contributed by atoms with E-state index in [1.54, 1.807) is 4.90 Å². The van der Waals surface area contributed by atoms with E-state index < -0.39 is 0 Å². The van der Waals surface area contributed by atoms with E-state index in [-0.39, 0.29) is 12.5 Å². The van der Waals surface area contributed by atoms with Gasteiger partial charge in [-0.25, -0.2) is 0 Å². The van der Waals surface area contributed by atoms with Gasteiger partial charge in [0.25, 0.3) is 0 Å². The van der Waals surface area contributed by atoms with E-state index in [0.29, 0.717) is 19.5 Å². The molecule has 0 atom stereocenters. The number of para-hydroxylation sites is 2. The van der Waals surface area contributed by atoms with Crippen LogP contribution < -0.4 is 9.80 Å². The molecule has 1 saturated heterocycles. The number of hydrogen-bond donors (Lipinski definition) is 0. The zero-order valence-electron chi connectivity index (χ0n) is 17.0. The minimum absolute atomic E-state index is 0.00203. The van der Waals surface area contributed by atoms with Crippen molar-refractivity contribution in [3.8, 4) is 6.07 Å². The quantitative estimate of drug-likeness (QED) is 0.691. The topological polar surface area (TPSA) is 59.8 Å². The molecule has 2 aromatic rings. The lowest BCUT2D eigenvalue weighted by molar-refractivity contribution is -0.119. The van der Waals surface area contributed by atoms with Gasteiger partial charge < -0.3 is 14.5 Å². The molecule has 0 unspecified atom stereocenters. The Labute approximate surface area is 172 Å². The largest absolute Gasteiger partial charge is 0.378 e. The van der Waals surface area contributed by atoms with Gasteiger partial charge in [-0.2, -0.15) is 5.26 Å². The molecule has 3 rings (SSSR count). The average molecular weight is 393 g/mol. The number of ether oxygens (including phenoxy) is 1. The van der Waals surface area contributed by atoms with Crippen molar-refractivity contribution in [3.63, 3.8) is 0 Å². The Hall–Kier alpha value is -2.88. The summed E-state index contributed by atoms with van der Waals surface area (Å²) in [6.45, 7) is 4.63. The number of benzene rings is 2. The van der Waals surface area contributed by atoms with Crippen molar-refractivity contribution in [1.29, 1.82) is 5.26 Å². The summed E-state index contributed by atoms with van der Waals surface area (Å²) in [6.07, 6.45) is 0.310. The van der Waals surface area contributed by atoms with Gasteiger partial charge in [-0.3, -0.25) is 9.69 Å². The summed E-state index contributed by atoms with van der Waals surface area (Å²) in [5, 5.41) is 8.96. The number of carbonyl (C=O) groups excluding carboxylic acids is 1. The molecule has 29 heavy (non-hydrogen) atoms. The molecule has 2 aromatic carbocycles. The molecule has 1 aliphatic rings. The van der Waals surface area contributed by atoms with Crippen molar-refractivity contribution >= 4 is 17.3 Å². The Balaban J connectivity index is 1.67. The predicted octanol–water partition coefficient (Wildman–Crippen LogP) is 2.90. The van der Waals surface area contributed by atoms with Crippen LogP contribution in [-0.4, -0.2) is 57.2 Å². The van der Waals surface area contributed by atoms with Crippen molar-refractivity contribution in [1.82, 2.24) is 4.90 Å². The summed E-state index contributed by atoms with van der Waals surface area (Å²) >= 11 is 0. The van der Waals surface area contributed by atoms with Gasteiger partial charge in [0.05, 0.1) is 32.2 Å². The zero-order valence-corrected chi connectivity index (χ0v) is 17.0. The van der Waals surface area contributed by atoms with Crippen LogP contribution >= 0.6 is 0 Å². The van der Waals surface area contributed by atoms with Crippen molar-refractivity contribution in [2.75, 3.05) is 56.2 Å². The number of anilines is 2. The molecule has 0 radical (unpaired) electrons. The highest BCUT2D eigenvalue weighted by molar-refractivity contribution is 5.94. The zero-order chi connectivity index (χ0) is 20.5. The first kappa shape index (κ1) is 20.8. The van der Waals surface area contributed by atoms with E-state index in [1.807, 2.05) is 48.3 Å². The second-order valence-corrected chi connectivity index (χ2v) is 7.19.